The van der Waals surface area contributed by atoms with E-state index in [2.05, 4.69) is 45.0 Å². The van der Waals surface area contributed by atoms with Crippen LogP contribution in [-0.2, 0) is 13.0 Å². The maximum absolute atomic E-state index is 10.7. The quantitative estimate of drug-likeness (QED) is 0.615. The summed E-state index contributed by atoms with van der Waals surface area (Å²) >= 11 is 3.08. The molecule has 0 unspecified atom stereocenters. The van der Waals surface area contributed by atoms with Crippen LogP contribution in [0.1, 0.15) is 25.6 Å². The van der Waals surface area contributed by atoms with Gasteiger partial charge in [-0.2, -0.15) is 9.67 Å². The molecule has 0 N–H and O–H groups in total. The fraction of sp³-hybridized carbons (Fsp3) is 0.500. The normalized spacial score (nSPS) is 11.2. The van der Waals surface area contributed by atoms with E-state index in [9.17, 15) is 10.1 Å². The van der Waals surface area contributed by atoms with Crippen LogP contribution in [0.15, 0.2) is 15.2 Å². The minimum atomic E-state index is -0.557. The SMILES string of the molecule is CC(C)Cc1noc(Cn2cc(Br)c([N+](=O)[O-])n2)n1. The standard InChI is InChI=1S/C10H12BrN5O3/c1-6(2)3-8-12-9(19-14-8)5-15-4-7(11)10(13-15)16(17)18/h4,6H,3,5H2,1-2H3. The zero-order valence-corrected chi connectivity index (χ0v) is 12.0. The van der Waals surface area contributed by atoms with Crippen molar-refractivity contribution >= 4 is 21.7 Å². The van der Waals surface area contributed by atoms with Crippen LogP contribution in [0.2, 0.25) is 0 Å². The highest BCUT2D eigenvalue weighted by molar-refractivity contribution is 9.10. The van der Waals surface area contributed by atoms with Crippen molar-refractivity contribution in [2.45, 2.75) is 26.8 Å². The van der Waals surface area contributed by atoms with E-state index in [1.807, 2.05) is 0 Å². The van der Waals surface area contributed by atoms with Crippen LogP contribution in [0.3, 0.4) is 0 Å². The van der Waals surface area contributed by atoms with E-state index in [4.69, 9.17) is 4.52 Å². The zero-order chi connectivity index (χ0) is 14.0. The first kappa shape index (κ1) is 13.7. The number of hydrogen-bond acceptors (Lipinski definition) is 6. The monoisotopic (exact) mass is 329 g/mol. The van der Waals surface area contributed by atoms with E-state index in [0.717, 1.165) is 6.42 Å². The maximum atomic E-state index is 10.7. The molecule has 2 heterocycles. The molecule has 0 amide bonds. The summed E-state index contributed by atoms with van der Waals surface area (Å²) < 4.78 is 6.77. The Kier molecular flexibility index (Phi) is 3.93. The lowest BCUT2D eigenvalue weighted by molar-refractivity contribution is -0.390. The second-order valence-electron chi connectivity index (χ2n) is 4.46. The molecule has 19 heavy (non-hydrogen) atoms. The van der Waals surface area contributed by atoms with Crippen LogP contribution in [0.4, 0.5) is 5.82 Å². The highest BCUT2D eigenvalue weighted by Gasteiger charge is 2.20. The Labute approximate surface area is 117 Å². The van der Waals surface area contributed by atoms with Crippen LogP contribution >= 0.6 is 15.9 Å². The van der Waals surface area contributed by atoms with Gasteiger partial charge < -0.3 is 14.6 Å². The Morgan fingerprint density at radius 3 is 2.89 bits per heavy atom. The average Bonchev–Trinajstić information content (AvgIpc) is 2.85. The molecule has 0 aliphatic rings. The van der Waals surface area contributed by atoms with Crippen molar-refractivity contribution < 1.29 is 9.45 Å². The minimum absolute atomic E-state index is 0.206. The third kappa shape index (κ3) is 3.37. The predicted octanol–water partition coefficient (Wildman–Crippen LogP) is 2.18. The Balaban J connectivity index is 2.10. The van der Waals surface area contributed by atoms with Gasteiger partial charge in [-0.05, 0) is 26.8 Å². The van der Waals surface area contributed by atoms with Crippen molar-refractivity contribution in [3.63, 3.8) is 0 Å². The Morgan fingerprint density at radius 2 is 2.32 bits per heavy atom. The lowest BCUT2D eigenvalue weighted by atomic mass is 10.1. The van der Waals surface area contributed by atoms with Crippen molar-refractivity contribution in [3.8, 4) is 0 Å². The van der Waals surface area contributed by atoms with Crippen molar-refractivity contribution in [2.75, 3.05) is 0 Å². The number of nitrogens with zero attached hydrogens (tertiary/aromatic N) is 5. The summed E-state index contributed by atoms with van der Waals surface area (Å²) in [6.45, 7) is 4.32. The molecule has 0 fully saturated rings. The number of rotatable bonds is 5. The third-order valence-electron chi connectivity index (χ3n) is 2.27. The molecular formula is C10H12BrN5O3. The highest BCUT2D eigenvalue weighted by atomic mass is 79.9. The number of hydrogen-bond donors (Lipinski definition) is 0. The van der Waals surface area contributed by atoms with Gasteiger partial charge >= 0.3 is 5.82 Å². The van der Waals surface area contributed by atoms with E-state index in [0.29, 0.717) is 22.1 Å². The third-order valence-corrected chi connectivity index (χ3v) is 2.83. The Bertz CT molecular complexity index is 592. The molecule has 0 spiro atoms. The average molecular weight is 330 g/mol. The maximum Gasteiger partial charge on any atom is 0.404 e. The zero-order valence-electron chi connectivity index (χ0n) is 10.4. The van der Waals surface area contributed by atoms with Crippen LogP contribution in [0.25, 0.3) is 0 Å². The molecule has 0 aliphatic carbocycles. The largest absolute Gasteiger partial charge is 0.404 e. The van der Waals surface area contributed by atoms with Gasteiger partial charge in [-0.1, -0.05) is 19.0 Å². The molecule has 2 aromatic heterocycles. The fourth-order valence-corrected chi connectivity index (χ4v) is 1.99. The molecule has 2 rings (SSSR count). The minimum Gasteiger partial charge on any atom is -0.358 e. The summed E-state index contributed by atoms with van der Waals surface area (Å²) in [7, 11) is 0. The summed E-state index contributed by atoms with van der Waals surface area (Å²) in [6.07, 6.45) is 2.23. The second-order valence-corrected chi connectivity index (χ2v) is 5.31. The van der Waals surface area contributed by atoms with Crippen LogP contribution in [0.5, 0.6) is 0 Å². The van der Waals surface area contributed by atoms with Gasteiger partial charge in [-0.3, -0.25) is 0 Å². The molecule has 0 saturated carbocycles. The number of aromatic nitrogens is 4. The molecule has 9 heteroatoms. The number of nitro groups is 1. The van der Waals surface area contributed by atoms with Gasteiger partial charge in [-0.15, -0.1) is 0 Å². The van der Waals surface area contributed by atoms with Gasteiger partial charge in [0.1, 0.15) is 11.0 Å². The lowest BCUT2D eigenvalue weighted by Gasteiger charge is -1.95. The summed E-state index contributed by atoms with van der Waals surface area (Å²) in [5.74, 6) is 1.21. The van der Waals surface area contributed by atoms with E-state index in [1.165, 1.54) is 10.9 Å². The molecule has 0 saturated heterocycles. The van der Waals surface area contributed by atoms with E-state index >= 15 is 0 Å². The highest BCUT2D eigenvalue weighted by Crippen LogP contribution is 2.22. The van der Waals surface area contributed by atoms with Gasteiger partial charge in [0, 0.05) is 6.42 Å². The van der Waals surface area contributed by atoms with E-state index in [1.54, 1.807) is 0 Å². The topological polar surface area (TPSA) is 99.9 Å². The Morgan fingerprint density at radius 1 is 1.58 bits per heavy atom. The molecule has 8 nitrogen and oxygen atoms in total. The molecule has 0 aromatic carbocycles. The summed E-state index contributed by atoms with van der Waals surface area (Å²) in [5.41, 5.74) is 0. The van der Waals surface area contributed by atoms with Crippen molar-refractivity contribution in [3.05, 3.63) is 32.5 Å². The predicted molar refractivity (Wildman–Crippen MR) is 68.5 cm³/mol. The lowest BCUT2D eigenvalue weighted by Crippen LogP contribution is -2.02. The second kappa shape index (κ2) is 5.47. The Hall–Kier alpha value is -1.77. The first-order chi connectivity index (χ1) is 8.95. The van der Waals surface area contributed by atoms with Crippen LogP contribution in [-0.4, -0.2) is 24.8 Å². The summed E-state index contributed by atoms with van der Waals surface area (Å²) in [6, 6.07) is 0. The van der Waals surface area contributed by atoms with Gasteiger partial charge in [0.25, 0.3) is 0 Å². The summed E-state index contributed by atoms with van der Waals surface area (Å²) in [5, 5.41) is 18.3. The molecule has 2 aromatic rings. The number of halogens is 1. The van der Waals surface area contributed by atoms with Gasteiger partial charge in [0.15, 0.2) is 5.82 Å². The first-order valence-electron chi connectivity index (χ1n) is 5.64. The molecule has 0 atom stereocenters. The van der Waals surface area contributed by atoms with E-state index < -0.39 is 4.92 Å². The van der Waals surface area contributed by atoms with Gasteiger partial charge in [0.05, 0.1) is 11.3 Å². The van der Waals surface area contributed by atoms with Gasteiger partial charge in [0.2, 0.25) is 5.89 Å². The molecule has 0 bridgehead atoms. The smallest absolute Gasteiger partial charge is 0.358 e. The molecular weight excluding hydrogens is 318 g/mol. The van der Waals surface area contributed by atoms with Crippen molar-refractivity contribution in [1.29, 1.82) is 0 Å². The molecule has 102 valence electrons. The molecule has 0 aliphatic heterocycles. The van der Waals surface area contributed by atoms with Crippen LogP contribution in [0, 0.1) is 16.0 Å². The first-order valence-corrected chi connectivity index (χ1v) is 6.44. The van der Waals surface area contributed by atoms with Crippen molar-refractivity contribution in [1.82, 2.24) is 19.9 Å². The van der Waals surface area contributed by atoms with Crippen molar-refractivity contribution in [2.24, 2.45) is 5.92 Å². The van der Waals surface area contributed by atoms with Gasteiger partial charge in [-0.25, -0.2) is 0 Å². The molecule has 0 radical (unpaired) electrons. The van der Waals surface area contributed by atoms with Crippen LogP contribution < -0.4 is 0 Å². The summed E-state index contributed by atoms with van der Waals surface area (Å²) in [4.78, 5) is 14.3. The van der Waals surface area contributed by atoms with E-state index in [-0.39, 0.29) is 12.4 Å². The fourth-order valence-electron chi connectivity index (χ4n) is 1.53.